The molecule has 0 radical (unpaired) electrons. The van der Waals surface area contributed by atoms with Crippen LogP contribution in [0.1, 0.15) is 5.56 Å². The molecule has 0 aliphatic carbocycles. The highest BCUT2D eigenvalue weighted by molar-refractivity contribution is 5.75. The summed E-state index contributed by atoms with van der Waals surface area (Å²) < 4.78 is 5.71. The highest BCUT2D eigenvalue weighted by atomic mass is 16.3. The summed E-state index contributed by atoms with van der Waals surface area (Å²) in [5, 5.41) is 0. The minimum Gasteiger partial charge on any atom is -0.434 e. The van der Waals surface area contributed by atoms with Crippen molar-refractivity contribution < 1.29 is 4.42 Å². The molecule has 0 amide bonds. The molecule has 0 aliphatic rings. The molecule has 0 unspecified atom stereocenters. The third-order valence-electron chi connectivity index (χ3n) is 2.51. The summed E-state index contributed by atoms with van der Waals surface area (Å²) in [7, 11) is 0. The van der Waals surface area contributed by atoms with Gasteiger partial charge in [-0.25, -0.2) is 4.98 Å². The monoisotopic (exact) mass is 210 g/mol. The zero-order valence-corrected chi connectivity index (χ0v) is 8.84. The lowest BCUT2D eigenvalue weighted by atomic mass is 10.2. The van der Waals surface area contributed by atoms with Crippen LogP contribution in [0.3, 0.4) is 0 Å². The average Bonchev–Trinajstić information content (AvgIpc) is 2.76. The van der Waals surface area contributed by atoms with Crippen molar-refractivity contribution in [3.05, 3.63) is 48.2 Å². The van der Waals surface area contributed by atoms with Gasteiger partial charge in [-0.1, -0.05) is 18.2 Å². The van der Waals surface area contributed by atoms with Crippen molar-refractivity contribution in [2.24, 2.45) is 0 Å². The molecule has 0 saturated heterocycles. The van der Waals surface area contributed by atoms with Crippen LogP contribution in [0.5, 0.6) is 0 Å². The largest absolute Gasteiger partial charge is 0.434 e. The number of aromatic nitrogens is 2. The molecule has 0 aliphatic heterocycles. The van der Waals surface area contributed by atoms with Gasteiger partial charge >= 0.3 is 0 Å². The molecule has 0 atom stereocenters. The Morgan fingerprint density at radius 1 is 1.06 bits per heavy atom. The van der Waals surface area contributed by atoms with Crippen molar-refractivity contribution in [1.29, 1.82) is 0 Å². The molecule has 0 fully saturated rings. The summed E-state index contributed by atoms with van der Waals surface area (Å²) in [4.78, 5) is 8.55. The molecule has 3 aromatic rings. The maximum atomic E-state index is 5.71. The lowest BCUT2D eigenvalue weighted by Gasteiger charge is -1.92. The Hall–Kier alpha value is -2.16. The summed E-state index contributed by atoms with van der Waals surface area (Å²) >= 11 is 0. The number of rotatable bonds is 1. The fourth-order valence-electron chi connectivity index (χ4n) is 1.66. The van der Waals surface area contributed by atoms with Gasteiger partial charge < -0.3 is 4.42 Å². The summed E-state index contributed by atoms with van der Waals surface area (Å²) in [5.74, 6) is 0.623. The average molecular weight is 210 g/mol. The van der Waals surface area contributed by atoms with Gasteiger partial charge in [0.1, 0.15) is 0 Å². The molecule has 0 N–H and O–H groups in total. The number of nitrogens with zero attached hydrogens (tertiary/aromatic N) is 2. The fourth-order valence-corrected chi connectivity index (χ4v) is 1.66. The third kappa shape index (κ3) is 1.37. The second kappa shape index (κ2) is 3.45. The zero-order chi connectivity index (χ0) is 11.0. The van der Waals surface area contributed by atoms with Crippen LogP contribution in [-0.4, -0.2) is 9.97 Å². The van der Waals surface area contributed by atoms with Gasteiger partial charge in [-0.3, -0.25) is 0 Å². The van der Waals surface area contributed by atoms with Gasteiger partial charge in [0.2, 0.25) is 5.89 Å². The van der Waals surface area contributed by atoms with E-state index in [0.29, 0.717) is 11.5 Å². The van der Waals surface area contributed by atoms with Crippen LogP contribution in [-0.2, 0) is 0 Å². The highest BCUT2D eigenvalue weighted by Gasteiger charge is 2.09. The number of fused-ring (bicyclic) bond motifs is 1. The molecular formula is C13H10N2O. The van der Waals surface area contributed by atoms with Crippen molar-refractivity contribution >= 4 is 11.2 Å². The van der Waals surface area contributed by atoms with Crippen molar-refractivity contribution in [3.8, 4) is 11.5 Å². The maximum Gasteiger partial charge on any atom is 0.228 e. The Morgan fingerprint density at radius 3 is 2.62 bits per heavy atom. The van der Waals surface area contributed by atoms with Gasteiger partial charge in [-0.2, -0.15) is 4.98 Å². The van der Waals surface area contributed by atoms with E-state index in [1.165, 1.54) is 0 Å². The zero-order valence-electron chi connectivity index (χ0n) is 8.84. The van der Waals surface area contributed by atoms with Gasteiger partial charge in [0.05, 0.1) is 0 Å². The Kier molecular flexibility index (Phi) is 1.96. The predicted octanol–water partition coefficient (Wildman–Crippen LogP) is 3.20. The quantitative estimate of drug-likeness (QED) is 0.619. The topological polar surface area (TPSA) is 38.9 Å². The van der Waals surface area contributed by atoms with E-state index in [1.807, 2.05) is 43.3 Å². The summed E-state index contributed by atoms with van der Waals surface area (Å²) in [6.45, 7) is 1.99. The summed E-state index contributed by atoms with van der Waals surface area (Å²) in [6.07, 6.45) is 1.74. The van der Waals surface area contributed by atoms with Crippen molar-refractivity contribution in [2.75, 3.05) is 0 Å². The van der Waals surface area contributed by atoms with Crippen LogP contribution >= 0.6 is 0 Å². The Bertz CT molecular complexity index is 629. The standard InChI is InChI=1S/C13H10N2O/c1-9-7-8-14-12-11(9)16-13(15-12)10-5-3-2-4-6-10/h2-8H,1H3. The van der Waals surface area contributed by atoms with E-state index < -0.39 is 0 Å². The van der Waals surface area contributed by atoms with Crippen molar-refractivity contribution in [1.82, 2.24) is 9.97 Å². The molecule has 0 spiro atoms. The van der Waals surface area contributed by atoms with E-state index in [0.717, 1.165) is 16.7 Å². The molecule has 78 valence electrons. The van der Waals surface area contributed by atoms with E-state index >= 15 is 0 Å². The first-order valence-electron chi connectivity index (χ1n) is 5.12. The second-order valence-electron chi connectivity index (χ2n) is 3.67. The predicted molar refractivity (Wildman–Crippen MR) is 62.0 cm³/mol. The maximum absolute atomic E-state index is 5.71. The van der Waals surface area contributed by atoms with E-state index in [2.05, 4.69) is 9.97 Å². The van der Waals surface area contributed by atoms with Crippen molar-refractivity contribution in [3.63, 3.8) is 0 Å². The first kappa shape index (κ1) is 9.09. The van der Waals surface area contributed by atoms with Crippen LogP contribution in [0.15, 0.2) is 47.0 Å². The lowest BCUT2D eigenvalue weighted by Crippen LogP contribution is -1.78. The smallest absolute Gasteiger partial charge is 0.228 e. The van der Waals surface area contributed by atoms with Crippen molar-refractivity contribution in [2.45, 2.75) is 6.92 Å². The molecule has 2 aromatic heterocycles. The van der Waals surface area contributed by atoms with Crippen LogP contribution in [0.2, 0.25) is 0 Å². The van der Waals surface area contributed by atoms with Crippen LogP contribution in [0, 0.1) is 6.92 Å². The highest BCUT2D eigenvalue weighted by Crippen LogP contribution is 2.24. The molecular weight excluding hydrogens is 200 g/mol. The Morgan fingerprint density at radius 2 is 1.88 bits per heavy atom. The normalized spacial score (nSPS) is 10.8. The first-order chi connectivity index (χ1) is 7.84. The van der Waals surface area contributed by atoms with E-state index in [9.17, 15) is 0 Å². The SMILES string of the molecule is Cc1ccnc2nc(-c3ccccc3)oc12. The molecule has 3 heteroatoms. The molecule has 2 heterocycles. The number of pyridine rings is 1. The summed E-state index contributed by atoms with van der Waals surface area (Å²) in [6, 6.07) is 11.8. The number of aryl methyl sites for hydroxylation is 1. The molecule has 0 saturated carbocycles. The third-order valence-corrected chi connectivity index (χ3v) is 2.51. The van der Waals surface area contributed by atoms with E-state index in [-0.39, 0.29) is 0 Å². The number of hydrogen-bond acceptors (Lipinski definition) is 3. The fraction of sp³-hybridized carbons (Fsp3) is 0.0769. The summed E-state index contributed by atoms with van der Waals surface area (Å²) in [5.41, 5.74) is 3.46. The second-order valence-corrected chi connectivity index (χ2v) is 3.67. The molecule has 0 bridgehead atoms. The van der Waals surface area contributed by atoms with E-state index in [4.69, 9.17) is 4.42 Å². The van der Waals surface area contributed by atoms with Gasteiger partial charge in [0.15, 0.2) is 11.2 Å². The Labute approximate surface area is 92.8 Å². The van der Waals surface area contributed by atoms with Crippen LogP contribution < -0.4 is 0 Å². The lowest BCUT2D eigenvalue weighted by molar-refractivity contribution is 0.617. The first-order valence-corrected chi connectivity index (χ1v) is 5.12. The van der Waals surface area contributed by atoms with Crippen LogP contribution in [0.4, 0.5) is 0 Å². The number of benzene rings is 1. The minimum absolute atomic E-state index is 0.623. The minimum atomic E-state index is 0.623. The van der Waals surface area contributed by atoms with Gasteiger partial charge in [0.25, 0.3) is 0 Å². The Balaban J connectivity index is 2.23. The number of hydrogen-bond donors (Lipinski definition) is 0. The van der Waals surface area contributed by atoms with Gasteiger partial charge in [-0.15, -0.1) is 0 Å². The number of oxazole rings is 1. The van der Waals surface area contributed by atoms with E-state index in [1.54, 1.807) is 6.20 Å². The molecule has 1 aromatic carbocycles. The van der Waals surface area contributed by atoms with Gasteiger partial charge in [0, 0.05) is 11.8 Å². The molecule has 3 nitrogen and oxygen atoms in total. The molecule has 3 rings (SSSR count). The molecule has 16 heavy (non-hydrogen) atoms. The van der Waals surface area contributed by atoms with Gasteiger partial charge in [-0.05, 0) is 30.7 Å². The van der Waals surface area contributed by atoms with Crippen LogP contribution in [0.25, 0.3) is 22.7 Å².